The van der Waals surface area contributed by atoms with Crippen molar-refractivity contribution in [3.05, 3.63) is 53.6 Å². The van der Waals surface area contributed by atoms with Gasteiger partial charge in [-0.2, -0.15) is 0 Å². The van der Waals surface area contributed by atoms with Crippen LogP contribution in [0.5, 0.6) is 5.75 Å². The summed E-state index contributed by atoms with van der Waals surface area (Å²) in [4.78, 5) is 0.534. The van der Waals surface area contributed by atoms with E-state index in [1.807, 2.05) is 13.8 Å². The molecule has 1 atom stereocenters. The molecule has 0 bridgehead atoms. The summed E-state index contributed by atoms with van der Waals surface area (Å²) in [5.41, 5.74) is 1.93. The summed E-state index contributed by atoms with van der Waals surface area (Å²) in [6.07, 6.45) is 0.136. The number of aryl methyl sites for hydroxylation is 2. The van der Waals surface area contributed by atoms with Gasteiger partial charge in [-0.25, -0.2) is 8.42 Å². The lowest BCUT2D eigenvalue weighted by atomic mass is 10.2. The fraction of sp³-hybridized carbons (Fsp3) is 0.294. The largest absolute Gasteiger partial charge is 0.490 e. The van der Waals surface area contributed by atoms with E-state index < -0.39 is 9.84 Å². The van der Waals surface area contributed by atoms with E-state index in [9.17, 15) is 8.42 Å². The smallest absolute Gasteiger partial charge is 0.206 e. The zero-order valence-corrected chi connectivity index (χ0v) is 13.4. The number of epoxide rings is 1. The van der Waals surface area contributed by atoms with Gasteiger partial charge < -0.3 is 9.47 Å². The summed E-state index contributed by atoms with van der Waals surface area (Å²) in [6.45, 7) is 4.98. The van der Waals surface area contributed by atoms with Gasteiger partial charge in [0.15, 0.2) is 0 Å². The lowest BCUT2D eigenvalue weighted by molar-refractivity contribution is 0.261. The molecule has 3 rings (SSSR count). The minimum absolute atomic E-state index is 0.136. The van der Waals surface area contributed by atoms with Crippen LogP contribution in [0.15, 0.2) is 52.3 Å². The maximum Gasteiger partial charge on any atom is 0.206 e. The third kappa shape index (κ3) is 3.15. The van der Waals surface area contributed by atoms with Crippen LogP contribution in [0.2, 0.25) is 0 Å². The normalized spacial score (nSPS) is 17.3. The number of rotatable bonds is 5. The third-order valence-electron chi connectivity index (χ3n) is 3.63. The topological polar surface area (TPSA) is 55.9 Å². The van der Waals surface area contributed by atoms with Crippen molar-refractivity contribution in [1.29, 1.82) is 0 Å². The molecule has 2 aromatic rings. The van der Waals surface area contributed by atoms with Gasteiger partial charge in [-0.15, -0.1) is 0 Å². The molecule has 0 amide bonds. The highest BCUT2D eigenvalue weighted by Gasteiger charge is 2.24. The summed E-state index contributed by atoms with van der Waals surface area (Å²) < 4.78 is 36.1. The second kappa shape index (κ2) is 5.74. The summed E-state index contributed by atoms with van der Waals surface area (Å²) in [6, 6.07) is 11.8. The molecule has 116 valence electrons. The first-order valence-electron chi connectivity index (χ1n) is 7.13. The lowest BCUT2D eigenvalue weighted by Crippen LogP contribution is -2.07. The molecule has 0 saturated carbocycles. The minimum atomic E-state index is -3.53. The molecule has 5 heteroatoms. The summed E-state index contributed by atoms with van der Waals surface area (Å²) in [5, 5.41) is 0. The van der Waals surface area contributed by atoms with Crippen molar-refractivity contribution < 1.29 is 17.9 Å². The van der Waals surface area contributed by atoms with E-state index in [0.717, 1.165) is 11.1 Å². The fourth-order valence-electron chi connectivity index (χ4n) is 2.10. The van der Waals surface area contributed by atoms with Crippen molar-refractivity contribution in [3.8, 4) is 5.75 Å². The Kier molecular flexibility index (Phi) is 3.93. The first kappa shape index (κ1) is 15.1. The molecule has 1 fully saturated rings. The molecule has 2 aromatic carbocycles. The zero-order chi connectivity index (χ0) is 15.7. The van der Waals surface area contributed by atoms with Gasteiger partial charge in [-0.3, -0.25) is 0 Å². The quantitative estimate of drug-likeness (QED) is 0.795. The summed E-state index contributed by atoms with van der Waals surface area (Å²) >= 11 is 0. The van der Waals surface area contributed by atoms with Crippen LogP contribution < -0.4 is 4.74 Å². The van der Waals surface area contributed by atoms with Crippen LogP contribution in [-0.4, -0.2) is 27.7 Å². The molecular formula is C17H18O4S. The molecule has 0 N–H and O–H groups in total. The molecule has 1 saturated heterocycles. The molecule has 0 radical (unpaired) electrons. The Morgan fingerprint density at radius 2 is 1.73 bits per heavy atom. The van der Waals surface area contributed by atoms with Crippen LogP contribution in [0.1, 0.15) is 11.1 Å². The van der Waals surface area contributed by atoms with Gasteiger partial charge in [0.2, 0.25) is 9.84 Å². The molecular weight excluding hydrogens is 300 g/mol. The van der Waals surface area contributed by atoms with Crippen LogP contribution in [-0.2, 0) is 14.6 Å². The van der Waals surface area contributed by atoms with Crippen LogP contribution in [0, 0.1) is 13.8 Å². The van der Waals surface area contributed by atoms with E-state index in [1.54, 1.807) is 42.5 Å². The van der Waals surface area contributed by atoms with Crippen molar-refractivity contribution >= 4 is 9.84 Å². The summed E-state index contributed by atoms with van der Waals surface area (Å²) in [7, 11) is -3.53. The maximum atomic E-state index is 12.7. The van der Waals surface area contributed by atoms with E-state index in [-0.39, 0.29) is 11.0 Å². The van der Waals surface area contributed by atoms with Crippen molar-refractivity contribution in [1.82, 2.24) is 0 Å². The van der Waals surface area contributed by atoms with E-state index >= 15 is 0 Å². The Labute approximate surface area is 130 Å². The maximum absolute atomic E-state index is 12.7. The van der Waals surface area contributed by atoms with E-state index in [2.05, 4.69) is 0 Å². The molecule has 1 aliphatic rings. The van der Waals surface area contributed by atoms with Crippen LogP contribution >= 0.6 is 0 Å². The molecule has 4 nitrogen and oxygen atoms in total. The second-order valence-corrected chi connectivity index (χ2v) is 7.46. The predicted molar refractivity (Wildman–Crippen MR) is 83.0 cm³/mol. The molecule has 0 aliphatic carbocycles. The monoisotopic (exact) mass is 318 g/mol. The van der Waals surface area contributed by atoms with Crippen LogP contribution in [0.3, 0.4) is 0 Å². The van der Waals surface area contributed by atoms with Crippen molar-refractivity contribution in [2.45, 2.75) is 29.7 Å². The van der Waals surface area contributed by atoms with Gasteiger partial charge in [0.05, 0.1) is 16.4 Å². The standard InChI is InChI=1S/C17H18O4S/c1-12-3-6-15(7-4-12)22(18,19)16-8-5-13(2)17(9-16)21-11-14-10-20-14/h3-9,14H,10-11H2,1-2H3. The Hall–Kier alpha value is -1.85. The van der Waals surface area contributed by atoms with E-state index in [4.69, 9.17) is 9.47 Å². The van der Waals surface area contributed by atoms with Gasteiger partial charge in [0.25, 0.3) is 0 Å². The number of hydrogen-bond acceptors (Lipinski definition) is 4. The van der Waals surface area contributed by atoms with E-state index in [1.165, 1.54) is 0 Å². The van der Waals surface area contributed by atoms with Crippen LogP contribution in [0.25, 0.3) is 0 Å². The highest BCUT2D eigenvalue weighted by molar-refractivity contribution is 7.91. The third-order valence-corrected chi connectivity index (χ3v) is 5.40. The zero-order valence-electron chi connectivity index (χ0n) is 12.6. The van der Waals surface area contributed by atoms with Gasteiger partial charge in [0, 0.05) is 0 Å². The Balaban J connectivity index is 1.92. The van der Waals surface area contributed by atoms with Gasteiger partial charge in [0.1, 0.15) is 18.5 Å². The number of ether oxygens (including phenoxy) is 2. The molecule has 1 aliphatic heterocycles. The summed E-state index contributed by atoms with van der Waals surface area (Å²) in [5.74, 6) is 0.587. The SMILES string of the molecule is Cc1ccc(S(=O)(=O)c2ccc(C)c(OCC3CO3)c2)cc1. The average Bonchev–Trinajstić information content (AvgIpc) is 3.31. The number of sulfone groups is 1. The van der Waals surface area contributed by atoms with Gasteiger partial charge >= 0.3 is 0 Å². The minimum Gasteiger partial charge on any atom is -0.490 e. The highest BCUT2D eigenvalue weighted by Crippen LogP contribution is 2.27. The lowest BCUT2D eigenvalue weighted by Gasteiger charge is -2.11. The Bertz CT molecular complexity index is 775. The number of hydrogen-bond donors (Lipinski definition) is 0. The molecule has 1 unspecified atom stereocenters. The Morgan fingerprint density at radius 1 is 1.09 bits per heavy atom. The molecule has 22 heavy (non-hydrogen) atoms. The van der Waals surface area contributed by atoms with Crippen molar-refractivity contribution in [2.24, 2.45) is 0 Å². The average molecular weight is 318 g/mol. The fourth-order valence-corrected chi connectivity index (χ4v) is 3.38. The van der Waals surface area contributed by atoms with Crippen LogP contribution in [0.4, 0.5) is 0 Å². The van der Waals surface area contributed by atoms with E-state index in [0.29, 0.717) is 23.9 Å². The van der Waals surface area contributed by atoms with Crippen molar-refractivity contribution in [2.75, 3.05) is 13.2 Å². The van der Waals surface area contributed by atoms with Gasteiger partial charge in [-0.05, 0) is 43.7 Å². The molecule has 1 heterocycles. The predicted octanol–water partition coefficient (Wildman–Crippen LogP) is 2.91. The first-order chi connectivity index (χ1) is 10.5. The molecule has 0 aromatic heterocycles. The number of benzene rings is 2. The van der Waals surface area contributed by atoms with Crippen molar-refractivity contribution in [3.63, 3.8) is 0 Å². The highest BCUT2D eigenvalue weighted by atomic mass is 32.2. The Morgan fingerprint density at radius 3 is 2.36 bits per heavy atom. The second-order valence-electron chi connectivity index (χ2n) is 5.51. The first-order valence-corrected chi connectivity index (χ1v) is 8.62. The molecule has 0 spiro atoms. The van der Waals surface area contributed by atoms with Gasteiger partial charge in [-0.1, -0.05) is 23.8 Å².